The first-order chi connectivity index (χ1) is 6.60. The Hall–Kier alpha value is -1.50. The molecule has 0 spiro atoms. The van der Waals surface area contributed by atoms with Crippen LogP contribution in [0.1, 0.15) is 41.0 Å². The molecule has 4 nitrogen and oxygen atoms in total. The first kappa shape index (κ1) is 23.4. The molecule has 0 aliphatic rings. The van der Waals surface area contributed by atoms with Gasteiger partial charge in [-0.05, 0) is 25.7 Å². The Labute approximate surface area is 91.4 Å². The van der Waals surface area contributed by atoms with Crippen molar-refractivity contribution in [2.45, 2.75) is 41.0 Å². The summed E-state index contributed by atoms with van der Waals surface area (Å²) in [4.78, 5) is 32.5. The highest BCUT2D eigenvalue weighted by atomic mass is 16.2. The molecule has 0 heterocycles. The van der Waals surface area contributed by atoms with E-state index in [0.29, 0.717) is 0 Å². The van der Waals surface area contributed by atoms with Crippen molar-refractivity contribution >= 4 is 12.3 Å². The zero-order valence-electron chi connectivity index (χ0n) is 8.78. The highest BCUT2D eigenvalue weighted by molar-refractivity contribution is 5.20. The number of hydrogen-bond acceptors (Lipinski definition) is 4. The quantitative estimate of drug-likeness (QED) is 0.679. The first-order valence-electron chi connectivity index (χ1n) is 4.20. The van der Waals surface area contributed by atoms with Crippen LogP contribution < -0.4 is 0 Å². The summed E-state index contributed by atoms with van der Waals surface area (Å²) in [6.45, 7) is 6.58. The van der Waals surface area contributed by atoms with E-state index in [0.717, 1.165) is 5.92 Å². The molecular weight excluding hydrogens is 196 g/mol. The molecule has 0 radical (unpaired) electrons. The Morgan fingerprint density at radius 1 is 1.07 bits per heavy atom. The summed E-state index contributed by atoms with van der Waals surface area (Å²) in [5.74, 6) is 0.853. The van der Waals surface area contributed by atoms with Crippen LogP contribution in [0.25, 0.3) is 0 Å². The summed E-state index contributed by atoms with van der Waals surface area (Å²) >= 11 is 0. The lowest BCUT2D eigenvalue weighted by atomic mass is 10.1. The van der Waals surface area contributed by atoms with Crippen molar-refractivity contribution in [1.82, 2.24) is 0 Å². The van der Waals surface area contributed by atoms with Gasteiger partial charge in [0.25, 0.3) is 0 Å². The second kappa shape index (κ2) is 29.4. The van der Waals surface area contributed by atoms with E-state index in [-0.39, 0.29) is 19.7 Å². The van der Waals surface area contributed by atoms with Gasteiger partial charge in [-0.3, -0.25) is 0 Å². The van der Waals surface area contributed by atoms with Crippen LogP contribution in [-0.2, 0) is 19.2 Å². The van der Waals surface area contributed by atoms with Crippen molar-refractivity contribution in [3.05, 3.63) is 12.2 Å². The van der Waals surface area contributed by atoms with Gasteiger partial charge < -0.3 is 0 Å². The van der Waals surface area contributed by atoms with E-state index < -0.39 is 0 Å². The summed E-state index contributed by atoms with van der Waals surface area (Å²) in [5, 5.41) is 0. The van der Waals surface area contributed by atoms with Gasteiger partial charge in [-0.15, -0.1) is 0 Å². The summed E-state index contributed by atoms with van der Waals surface area (Å²) in [5.41, 5.74) is 0. The van der Waals surface area contributed by atoms with Crippen LogP contribution in [0.3, 0.4) is 0 Å². The predicted octanol–water partition coefficient (Wildman–Crippen LogP) is 2.47. The largest absolute Gasteiger partial charge is 0.373 e. The van der Waals surface area contributed by atoms with Gasteiger partial charge in [0.2, 0.25) is 0 Å². The molecule has 0 atom stereocenters. The zero-order valence-corrected chi connectivity index (χ0v) is 8.78. The van der Waals surface area contributed by atoms with E-state index in [4.69, 9.17) is 19.2 Å². The Morgan fingerprint density at radius 2 is 1.40 bits per heavy atom. The molecule has 0 rings (SSSR count). The SMILES string of the molecule is C.C/C=C\CCC(C)C.O=C=O.O=C=O. The van der Waals surface area contributed by atoms with Gasteiger partial charge in [-0.2, -0.15) is 19.2 Å². The third-order valence-electron chi connectivity index (χ3n) is 1.15. The fraction of sp³-hybridized carbons (Fsp3) is 0.636. The predicted molar refractivity (Wildman–Crippen MR) is 55.6 cm³/mol. The molecule has 0 aliphatic heterocycles. The third kappa shape index (κ3) is 112. The van der Waals surface area contributed by atoms with Gasteiger partial charge in [-0.25, -0.2) is 0 Å². The lowest BCUT2D eigenvalue weighted by molar-refractivity contribution is -0.193. The monoisotopic (exact) mass is 216 g/mol. The number of rotatable bonds is 3. The average Bonchev–Trinajstić information content (AvgIpc) is 2.07. The standard InChI is InChI=1S/C8H16.2CO2.CH4/c1-4-5-6-7-8(2)3;2*2-1-3;/h4-5,8H,6-7H2,1-3H3;;;1H4/b5-4-;;;. The van der Waals surface area contributed by atoms with Crippen LogP contribution in [0.5, 0.6) is 0 Å². The molecule has 0 N–H and O–H groups in total. The van der Waals surface area contributed by atoms with Crippen LogP contribution in [0.2, 0.25) is 0 Å². The molecule has 15 heavy (non-hydrogen) atoms. The highest BCUT2D eigenvalue weighted by Gasteiger charge is 1.87. The van der Waals surface area contributed by atoms with Gasteiger partial charge in [-0.1, -0.05) is 33.4 Å². The average molecular weight is 216 g/mol. The van der Waals surface area contributed by atoms with Crippen molar-refractivity contribution in [2.24, 2.45) is 5.92 Å². The van der Waals surface area contributed by atoms with Gasteiger partial charge in [0.15, 0.2) is 0 Å². The molecule has 0 amide bonds. The van der Waals surface area contributed by atoms with Crippen molar-refractivity contribution in [3.8, 4) is 0 Å². The highest BCUT2D eigenvalue weighted by Crippen LogP contribution is 2.02. The van der Waals surface area contributed by atoms with E-state index in [1.54, 1.807) is 0 Å². The van der Waals surface area contributed by atoms with Crippen LogP contribution in [0, 0.1) is 5.92 Å². The second-order valence-corrected chi connectivity index (χ2v) is 2.71. The summed E-state index contributed by atoms with van der Waals surface area (Å²) in [7, 11) is 0. The van der Waals surface area contributed by atoms with Crippen molar-refractivity contribution in [3.63, 3.8) is 0 Å². The number of allylic oxidation sites excluding steroid dienone is 2. The molecule has 0 aromatic carbocycles. The minimum atomic E-state index is 0. The zero-order chi connectivity index (χ0) is 11.8. The number of carbonyl (C=O) groups excluding carboxylic acids is 4. The third-order valence-corrected chi connectivity index (χ3v) is 1.15. The van der Waals surface area contributed by atoms with Crippen LogP contribution >= 0.6 is 0 Å². The maximum Gasteiger partial charge on any atom is 0.373 e. The Morgan fingerprint density at radius 3 is 1.60 bits per heavy atom. The normalized spacial score (nSPS) is 7.20. The van der Waals surface area contributed by atoms with Crippen molar-refractivity contribution in [2.75, 3.05) is 0 Å². The molecule has 0 aromatic rings. The molecule has 0 bridgehead atoms. The minimum absolute atomic E-state index is 0. The molecule has 0 unspecified atom stereocenters. The lowest BCUT2D eigenvalue weighted by Gasteiger charge is -1.97. The van der Waals surface area contributed by atoms with Crippen LogP contribution in [0.15, 0.2) is 12.2 Å². The molecule has 0 saturated carbocycles. The Balaban J connectivity index is -0.0000000733. The van der Waals surface area contributed by atoms with Crippen molar-refractivity contribution in [1.29, 1.82) is 0 Å². The smallest absolute Gasteiger partial charge is 0.186 e. The summed E-state index contributed by atoms with van der Waals surface area (Å²) < 4.78 is 0. The molecule has 88 valence electrons. The Bertz CT molecular complexity index is 171. The van der Waals surface area contributed by atoms with E-state index in [2.05, 4.69) is 32.9 Å². The molecular formula is C11H20O4. The maximum absolute atomic E-state index is 8.12. The van der Waals surface area contributed by atoms with Gasteiger partial charge >= 0.3 is 12.3 Å². The summed E-state index contributed by atoms with van der Waals surface area (Å²) in [6, 6.07) is 0. The maximum atomic E-state index is 8.12. The Kier molecular flexibility index (Phi) is 45.8. The fourth-order valence-corrected chi connectivity index (χ4v) is 0.596. The number of hydrogen-bond donors (Lipinski definition) is 0. The van der Waals surface area contributed by atoms with Gasteiger partial charge in [0.05, 0.1) is 0 Å². The molecule has 0 saturated heterocycles. The lowest BCUT2D eigenvalue weighted by Crippen LogP contribution is -1.82. The van der Waals surface area contributed by atoms with Gasteiger partial charge in [0, 0.05) is 0 Å². The molecule has 4 heteroatoms. The van der Waals surface area contributed by atoms with Gasteiger partial charge in [0.1, 0.15) is 0 Å². The summed E-state index contributed by atoms with van der Waals surface area (Å²) in [6.07, 6.45) is 7.40. The van der Waals surface area contributed by atoms with Crippen LogP contribution in [-0.4, -0.2) is 12.3 Å². The molecule has 0 aromatic heterocycles. The van der Waals surface area contributed by atoms with Crippen LogP contribution in [0.4, 0.5) is 0 Å². The van der Waals surface area contributed by atoms with E-state index in [1.165, 1.54) is 12.8 Å². The topological polar surface area (TPSA) is 68.3 Å². The first-order valence-corrected chi connectivity index (χ1v) is 4.20. The van der Waals surface area contributed by atoms with E-state index in [9.17, 15) is 0 Å². The molecule has 0 aliphatic carbocycles. The van der Waals surface area contributed by atoms with E-state index in [1.807, 2.05) is 0 Å². The van der Waals surface area contributed by atoms with Crippen molar-refractivity contribution < 1.29 is 19.2 Å². The fourth-order valence-electron chi connectivity index (χ4n) is 0.596. The minimum Gasteiger partial charge on any atom is -0.186 e. The van der Waals surface area contributed by atoms with E-state index >= 15 is 0 Å². The second-order valence-electron chi connectivity index (χ2n) is 2.71. The molecule has 0 fully saturated rings.